The quantitative estimate of drug-likeness (QED) is 0.108. The van der Waals surface area contributed by atoms with Gasteiger partial charge in [0.25, 0.3) is 5.91 Å². The van der Waals surface area contributed by atoms with Gasteiger partial charge in [-0.3, -0.25) is 9.59 Å². The van der Waals surface area contributed by atoms with Gasteiger partial charge in [0.15, 0.2) is 12.6 Å². The molecule has 12 heteroatoms. The van der Waals surface area contributed by atoms with Gasteiger partial charge < -0.3 is 30.2 Å². The summed E-state index contributed by atoms with van der Waals surface area (Å²) in [6, 6.07) is 20.0. The van der Waals surface area contributed by atoms with Crippen LogP contribution in [0.4, 0.5) is 16.3 Å². The number of benzene rings is 2. The first-order chi connectivity index (χ1) is 22.5. The minimum atomic E-state index is -0.605. The summed E-state index contributed by atoms with van der Waals surface area (Å²) in [5, 5.41) is 20.4. The van der Waals surface area contributed by atoms with E-state index in [1.54, 1.807) is 47.8 Å². The van der Waals surface area contributed by atoms with Gasteiger partial charge >= 0.3 is 6.09 Å². The Morgan fingerprint density at radius 1 is 1.00 bits per heavy atom. The number of nitrogens with one attached hydrogen (secondary N) is 3. The lowest BCUT2D eigenvalue weighted by molar-refractivity contribution is -0.116. The number of carbonyl (C=O) groups is 3. The van der Waals surface area contributed by atoms with Gasteiger partial charge in [-0.1, -0.05) is 24.3 Å². The van der Waals surface area contributed by atoms with E-state index >= 15 is 0 Å². The van der Waals surface area contributed by atoms with Crippen molar-refractivity contribution in [2.24, 2.45) is 0 Å². The maximum Gasteiger partial charge on any atom is 0.407 e. The summed E-state index contributed by atoms with van der Waals surface area (Å²) < 4.78 is 16.5. The van der Waals surface area contributed by atoms with Crippen molar-refractivity contribution < 1.29 is 28.6 Å². The van der Waals surface area contributed by atoms with E-state index in [1.807, 2.05) is 52.8 Å². The number of pyridine rings is 1. The predicted octanol–water partition coefficient (Wildman–Crippen LogP) is 7.14. The maximum absolute atomic E-state index is 13.1. The van der Waals surface area contributed by atoms with Crippen LogP contribution in [0.1, 0.15) is 54.9 Å². The van der Waals surface area contributed by atoms with E-state index in [2.05, 4.69) is 22.0 Å². The minimum absolute atomic E-state index is 0.0338. The zero-order chi connectivity index (χ0) is 34.0. The highest BCUT2D eigenvalue weighted by Crippen LogP contribution is 2.37. The highest BCUT2D eigenvalue weighted by Gasteiger charge is 2.21. The van der Waals surface area contributed by atoms with Gasteiger partial charge in [-0.05, 0) is 87.5 Å². The number of aryl methyl sites for hydroxylation is 1. The topological polar surface area (TPSA) is 152 Å². The second-order valence-corrected chi connectivity index (χ2v) is 12.4. The van der Waals surface area contributed by atoms with Crippen molar-refractivity contribution >= 4 is 40.7 Å². The number of thiophene rings is 1. The molecule has 0 spiro atoms. The van der Waals surface area contributed by atoms with E-state index < -0.39 is 17.5 Å². The zero-order valence-corrected chi connectivity index (χ0v) is 27.7. The van der Waals surface area contributed by atoms with Crippen LogP contribution in [-0.4, -0.2) is 48.4 Å². The van der Waals surface area contributed by atoms with Crippen molar-refractivity contribution in [2.45, 2.75) is 46.6 Å². The summed E-state index contributed by atoms with van der Waals surface area (Å²) >= 11 is 1.27. The van der Waals surface area contributed by atoms with E-state index in [4.69, 9.17) is 19.2 Å². The van der Waals surface area contributed by atoms with Crippen molar-refractivity contribution in [1.29, 1.82) is 5.26 Å². The average Bonchev–Trinajstić information content (AvgIpc) is 3.56. The van der Waals surface area contributed by atoms with Gasteiger partial charge in [0, 0.05) is 29.0 Å². The highest BCUT2D eigenvalue weighted by molar-refractivity contribution is 7.12. The molecule has 0 aliphatic carbocycles. The molecule has 0 saturated heterocycles. The molecule has 3 N–H and O–H groups in total. The fourth-order valence-electron chi connectivity index (χ4n) is 4.41. The minimum Gasteiger partial charge on any atom is -0.467 e. The number of nitrogens with zero attached hydrogens (tertiary/aromatic N) is 2. The zero-order valence-electron chi connectivity index (χ0n) is 26.9. The first-order valence-electron chi connectivity index (χ1n) is 14.9. The van der Waals surface area contributed by atoms with Crippen molar-refractivity contribution in [1.82, 2.24) is 10.3 Å². The third-order valence-corrected chi connectivity index (χ3v) is 7.39. The molecule has 11 nitrogen and oxygen atoms in total. The lowest BCUT2D eigenvalue weighted by Gasteiger charge is -2.19. The Labute approximate surface area is 277 Å². The predicted molar refractivity (Wildman–Crippen MR) is 181 cm³/mol. The molecular formula is C35H37N5O6S. The van der Waals surface area contributed by atoms with Gasteiger partial charge in [-0.15, -0.1) is 11.3 Å². The second kappa shape index (κ2) is 15.8. The van der Waals surface area contributed by atoms with Crippen LogP contribution < -0.4 is 20.7 Å². The first-order valence-corrected chi connectivity index (χ1v) is 15.8. The maximum atomic E-state index is 13.1. The molecule has 4 rings (SSSR count). The van der Waals surface area contributed by atoms with Crippen LogP contribution in [0.15, 0.2) is 66.0 Å². The lowest BCUT2D eigenvalue weighted by atomic mass is 9.97. The molecule has 244 valence electrons. The van der Waals surface area contributed by atoms with Gasteiger partial charge in [-0.2, -0.15) is 5.26 Å². The summed E-state index contributed by atoms with van der Waals surface area (Å²) in [5.74, 6) is -0.157. The molecule has 47 heavy (non-hydrogen) atoms. The SMILES string of the molecule is CCOCOc1cc(C)ccc1-c1cc(-c2cccc(NC(=O)CCOC(=O)NC(C)(C)C)c2)c(C#N)c(NC(=O)c2cccs2)n1. The molecule has 2 heterocycles. The third kappa shape index (κ3) is 9.87. The molecule has 3 amide bonds. The molecule has 0 unspecified atom stereocenters. The Morgan fingerprint density at radius 3 is 2.51 bits per heavy atom. The molecule has 0 saturated carbocycles. The third-order valence-electron chi connectivity index (χ3n) is 6.52. The normalized spacial score (nSPS) is 10.9. The van der Waals surface area contributed by atoms with Gasteiger partial charge in [0.2, 0.25) is 5.91 Å². The van der Waals surface area contributed by atoms with Crippen LogP contribution in [0, 0.1) is 18.3 Å². The molecule has 0 aliphatic heterocycles. The Hall–Kier alpha value is -5.25. The number of aromatic nitrogens is 1. The van der Waals surface area contributed by atoms with Gasteiger partial charge in [0.1, 0.15) is 24.0 Å². The summed E-state index contributed by atoms with van der Waals surface area (Å²) in [6.07, 6.45) is -0.659. The number of ether oxygens (including phenoxy) is 3. The standard InChI is InChI=1S/C35H37N5O6S/c1-6-44-21-46-29-17-22(2)12-13-25(29)28-19-26(27(20-36)32(38-28)39-33(42)30-11-8-16-47-30)23-9-7-10-24(18-23)37-31(41)14-15-45-34(43)40-35(3,4)5/h7-13,16-19H,6,14-15,21H2,1-5H3,(H,37,41)(H,40,43)(H,38,39,42). The Kier molecular flexibility index (Phi) is 11.7. The summed E-state index contributed by atoms with van der Waals surface area (Å²) in [4.78, 5) is 42.9. The van der Waals surface area contributed by atoms with Crippen molar-refractivity contribution in [3.63, 3.8) is 0 Å². The largest absolute Gasteiger partial charge is 0.467 e. The molecule has 4 aromatic rings. The Bertz CT molecular complexity index is 1780. The number of carbonyl (C=O) groups excluding carboxylic acids is 3. The van der Waals surface area contributed by atoms with E-state index in [0.717, 1.165) is 5.56 Å². The molecule has 2 aromatic heterocycles. The van der Waals surface area contributed by atoms with Crippen LogP contribution in [-0.2, 0) is 14.3 Å². The summed E-state index contributed by atoms with van der Waals surface area (Å²) in [5.41, 5.74) is 3.27. The van der Waals surface area contributed by atoms with E-state index in [0.29, 0.717) is 45.3 Å². The number of hydrogen-bond acceptors (Lipinski definition) is 9. The number of nitriles is 1. The van der Waals surface area contributed by atoms with Crippen LogP contribution >= 0.6 is 11.3 Å². The lowest BCUT2D eigenvalue weighted by Crippen LogP contribution is -2.41. The van der Waals surface area contributed by atoms with E-state index in [1.165, 1.54) is 11.3 Å². The van der Waals surface area contributed by atoms with Crippen LogP contribution in [0.5, 0.6) is 5.75 Å². The molecule has 0 atom stereocenters. The monoisotopic (exact) mass is 655 g/mol. The number of rotatable bonds is 12. The van der Waals surface area contributed by atoms with Crippen molar-refractivity contribution in [3.05, 3.63) is 82.0 Å². The Morgan fingerprint density at radius 2 is 1.81 bits per heavy atom. The molecular weight excluding hydrogens is 618 g/mol. The Balaban J connectivity index is 1.69. The van der Waals surface area contributed by atoms with Crippen molar-refractivity contribution in [2.75, 3.05) is 30.6 Å². The average molecular weight is 656 g/mol. The van der Waals surface area contributed by atoms with Crippen LogP contribution in [0.3, 0.4) is 0 Å². The summed E-state index contributed by atoms with van der Waals surface area (Å²) in [6.45, 7) is 9.70. The van der Waals surface area contributed by atoms with Crippen LogP contribution in [0.25, 0.3) is 22.4 Å². The molecule has 0 bridgehead atoms. The first kappa shape index (κ1) is 34.6. The molecule has 0 fully saturated rings. The van der Waals surface area contributed by atoms with E-state index in [-0.39, 0.29) is 37.1 Å². The number of hydrogen-bond donors (Lipinski definition) is 3. The van der Waals surface area contributed by atoms with Gasteiger partial charge in [0.05, 0.1) is 17.0 Å². The number of amides is 3. The fraction of sp³-hybridized carbons (Fsp3) is 0.286. The molecule has 0 radical (unpaired) electrons. The fourth-order valence-corrected chi connectivity index (χ4v) is 5.03. The molecule has 0 aliphatic rings. The highest BCUT2D eigenvalue weighted by atomic mass is 32.1. The number of alkyl carbamates (subject to hydrolysis) is 1. The van der Waals surface area contributed by atoms with E-state index in [9.17, 15) is 19.6 Å². The second-order valence-electron chi connectivity index (χ2n) is 11.5. The molecule has 2 aromatic carbocycles. The smallest absolute Gasteiger partial charge is 0.407 e. The van der Waals surface area contributed by atoms with Crippen LogP contribution in [0.2, 0.25) is 0 Å². The van der Waals surface area contributed by atoms with Crippen molar-refractivity contribution in [3.8, 4) is 34.2 Å². The van der Waals surface area contributed by atoms with Gasteiger partial charge in [-0.25, -0.2) is 9.78 Å². The summed E-state index contributed by atoms with van der Waals surface area (Å²) in [7, 11) is 0. The number of anilines is 2.